The number of hydrogen-bond donors (Lipinski definition) is 5. The van der Waals surface area contributed by atoms with E-state index in [9.17, 15) is 9.50 Å². The van der Waals surface area contributed by atoms with E-state index >= 15 is 0 Å². The van der Waals surface area contributed by atoms with Gasteiger partial charge in [-0.2, -0.15) is 0 Å². The van der Waals surface area contributed by atoms with Crippen molar-refractivity contribution >= 4 is 0 Å². The Hall–Kier alpha value is -0.270. The Balaban J connectivity index is -0.000000202. The van der Waals surface area contributed by atoms with Crippen LogP contribution in [-0.2, 0) is 0 Å². The lowest BCUT2D eigenvalue weighted by atomic mass is 10.1. The molecule has 38 heavy (non-hydrogen) atoms. The summed E-state index contributed by atoms with van der Waals surface area (Å²) in [7, 11) is 0. The quantitative estimate of drug-likeness (QED) is 0.130. The summed E-state index contributed by atoms with van der Waals surface area (Å²) in [5.74, 6) is 1.86. The average Bonchev–Trinajstić information content (AvgIpc) is 3.54. The second-order valence-electron chi connectivity index (χ2n) is 13.0. The lowest BCUT2D eigenvalue weighted by molar-refractivity contribution is 0.0707. The van der Waals surface area contributed by atoms with Gasteiger partial charge >= 0.3 is 0 Å². The topological polar surface area (TPSA) is 68.3 Å². The number of aliphatic hydroxyl groups is 1. The van der Waals surface area contributed by atoms with Crippen LogP contribution in [0, 0.1) is 11.8 Å². The van der Waals surface area contributed by atoms with Gasteiger partial charge in [0.1, 0.15) is 0 Å². The van der Waals surface area contributed by atoms with E-state index in [-0.39, 0.29) is 7.43 Å². The first-order chi connectivity index (χ1) is 17.0. The van der Waals surface area contributed by atoms with Crippen molar-refractivity contribution < 1.29 is 9.50 Å². The van der Waals surface area contributed by atoms with Crippen molar-refractivity contribution in [3.05, 3.63) is 0 Å². The van der Waals surface area contributed by atoms with Gasteiger partial charge in [0.25, 0.3) is 0 Å². The van der Waals surface area contributed by atoms with Gasteiger partial charge in [-0.05, 0) is 97.3 Å². The van der Waals surface area contributed by atoms with Gasteiger partial charge in [-0.1, -0.05) is 76.7 Å². The summed E-state index contributed by atoms with van der Waals surface area (Å²) in [4.78, 5) is 0. The zero-order valence-corrected chi connectivity index (χ0v) is 27.4. The van der Waals surface area contributed by atoms with E-state index in [0.29, 0.717) is 30.6 Å². The van der Waals surface area contributed by atoms with Gasteiger partial charge < -0.3 is 26.4 Å². The van der Waals surface area contributed by atoms with Gasteiger partial charge in [-0.25, -0.2) is 4.39 Å². The maximum absolute atomic E-state index is 12.2. The largest absolute Gasteiger partial charge is 0.390 e. The van der Waals surface area contributed by atoms with Crippen molar-refractivity contribution in [3.63, 3.8) is 0 Å². The molecule has 0 aromatic rings. The van der Waals surface area contributed by atoms with E-state index < -0.39 is 11.8 Å². The van der Waals surface area contributed by atoms with Crippen LogP contribution in [-0.4, -0.2) is 67.2 Å². The van der Waals surface area contributed by atoms with Crippen LogP contribution >= 0.6 is 0 Å². The first-order valence-corrected chi connectivity index (χ1v) is 15.3. The Bertz CT molecular complexity index is 425. The molecule has 1 aliphatic carbocycles. The molecular weight excluding hydrogens is 475 g/mol. The minimum atomic E-state index is -0.644. The number of rotatable bonds is 16. The molecule has 5 N–H and O–H groups in total. The molecule has 0 aromatic heterocycles. The van der Waals surface area contributed by atoms with Crippen LogP contribution in [0.3, 0.4) is 0 Å². The summed E-state index contributed by atoms with van der Waals surface area (Å²) >= 11 is 0. The summed E-state index contributed by atoms with van der Waals surface area (Å²) in [5.41, 5.74) is -0.526. The predicted octanol–water partition coefficient (Wildman–Crippen LogP) is 7.33. The summed E-state index contributed by atoms with van der Waals surface area (Å²) in [6.45, 7) is 31.2. The maximum atomic E-state index is 12.2. The Morgan fingerprint density at radius 1 is 0.684 bits per heavy atom. The molecule has 0 aliphatic heterocycles. The van der Waals surface area contributed by atoms with Crippen molar-refractivity contribution in [2.24, 2.45) is 11.8 Å². The molecule has 0 bridgehead atoms. The number of alkyl halides is 1. The molecule has 236 valence electrons. The molecule has 6 heteroatoms. The SMILES string of the molecule is C.CC(C)CCNC(C)C.CC(C)NCC1CC1.CC(C)NCCC(C)(C)O.CC(F)CCCNC(C)C. The first kappa shape index (κ1) is 44.7. The normalized spacial score (nSPS) is 13.9. The van der Waals surface area contributed by atoms with Crippen molar-refractivity contribution in [1.29, 1.82) is 0 Å². The lowest BCUT2D eigenvalue weighted by Crippen LogP contribution is -2.30. The van der Waals surface area contributed by atoms with Crippen LogP contribution in [0.4, 0.5) is 4.39 Å². The molecule has 0 aromatic carbocycles. The van der Waals surface area contributed by atoms with Crippen LogP contribution in [0.15, 0.2) is 0 Å². The number of nitrogens with one attached hydrogen (secondary N) is 4. The first-order valence-electron chi connectivity index (χ1n) is 15.3. The standard InChI is InChI=1S/C8H18FN.C8H19NO.C8H19N.C7H15N.CH4/c1-7(2)10-6-4-5-8(3)9;1-7(2)9-6-5-8(3,4)10;1-7(2)5-6-9-8(3)4;1-6(2)8-5-7-3-4-7;/h7-8,10H,4-6H2,1-3H3;7,9-10H,5-6H2,1-4H3;7-9H,5-6H2,1-4H3;6-8H,3-5H2,1-2H3;1H4. The third-order valence-corrected chi connectivity index (χ3v) is 5.41. The van der Waals surface area contributed by atoms with Gasteiger partial charge in [0.2, 0.25) is 0 Å². The van der Waals surface area contributed by atoms with E-state index in [1.807, 2.05) is 13.8 Å². The third kappa shape index (κ3) is 56.0. The minimum Gasteiger partial charge on any atom is -0.390 e. The van der Waals surface area contributed by atoms with Crippen molar-refractivity contribution in [1.82, 2.24) is 21.3 Å². The molecule has 5 nitrogen and oxygen atoms in total. The highest BCUT2D eigenvalue weighted by atomic mass is 19.1. The molecule has 1 aliphatic rings. The Kier molecular flexibility index (Phi) is 33.3. The molecule has 1 saturated carbocycles. The molecule has 1 fully saturated rings. The predicted molar refractivity (Wildman–Crippen MR) is 172 cm³/mol. The minimum absolute atomic E-state index is 0. The molecule has 0 saturated heterocycles. The molecule has 1 atom stereocenters. The van der Waals surface area contributed by atoms with E-state index in [4.69, 9.17) is 0 Å². The van der Waals surface area contributed by atoms with Crippen molar-refractivity contribution in [2.75, 3.05) is 26.2 Å². The fourth-order valence-corrected chi connectivity index (χ4v) is 2.83. The molecule has 0 amide bonds. The van der Waals surface area contributed by atoms with Crippen LogP contribution in [0.2, 0.25) is 0 Å². The number of halogens is 1. The fourth-order valence-electron chi connectivity index (χ4n) is 2.83. The summed E-state index contributed by atoms with van der Waals surface area (Å²) in [5, 5.41) is 22.6. The van der Waals surface area contributed by atoms with Crippen LogP contribution in [0.5, 0.6) is 0 Å². The van der Waals surface area contributed by atoms with Crippen LogP contribution < -0.4 is 21.3 Å². The fraction of sp³-hybridized carbons (Fsp3) is 1.00. The Morgan fingerprint density at radius 3 is 1.45 bits per heavy atom. The molecule has 0 heterocycles. The van der Waals surface area contributed by atoms with Gasteiger partial charge in [0.05, 0.1) is 11.8 Å². The van der Waals surface area contributed by atoms with Gasteiger partial charge in [-0.3, -0.25) is 0 Å². The van der Waals surface area contributed by atoms with Crippen molar-refractivity contribution in [3.8, 4) is 0 Å². The van der Waals surface area contributed by atoms with E-state index in [1.54, 1.807) is 6.92 Å². The third-order valence-electron chi connectivity index (χ3n) is 5.41. The summed E-state index contributed by atoms with van der Waals surface area (Å²) < 4.78 is 12.2. The second kappa shape index (κ2) is 28.3. The van der Waals surface area contributed by atoms with E-state index in [2.05, 4.69) is 90.5 Å². The van der Waals surface area contributed by atoms with Crippen LogP contribution in [0.25, 0.3) is 0 Å². The smallest absolute Gasteiger partial charge is 0.0974 e. The monoisotopic (exact) mass is 551 g/mol. The highest BCUT2D eigenvalue weighted by molar-refractivity contribution is 4.75. The van der Waals surface area contributed by atoms with Crippen molar-refractivity contribution in [2.45, 2.75) is 172 Å². The molecule has 0 spiro atoms. The lowest BCUT2D eigenvalue weighted by Gasteiger charge is -2.17. The Morgan fingerprint density at radius 2 is 1.11 bits per heavy atom. The molecule has 1 rings (SSSR count). The summed E-state index contributed by atoms with van der Waals surface area (Å²) in [6.07, 6.45) is 5.99. The molecule has 0 radical (unpaired) electrons. The van der Waals surface area contributed by atoms with Gasteiger partial charge in [0.15, 0.2) is 0 Å². The highest BCUT2D eigenvalue weighted by Gasteiger charge is 2.20. The van der Waals surface area contributed by atoms with Gasteiger partial charge in [-0.15, -0.1) is 0 Å². The molecular formula is C32H75FN4O. The highest BCUT2D eigenvalue weighted by Crippen LogP contribution is 2.27. The Labute approximate surface area is 240 Å². The number of hydrogen-bond acceptors (Lipinski definition) is 5. The summed E-state index contributed by atoms with van der Waals surface area (Å²) in [6, 6.07) is 2.36. The van der Waals surface area contributed by atoms with E-state index in [0.717, 1.165) is 44.3 Å². The van der Waals surface area contributed by atoms with Crippen LogP contribution in [0.1, 0.15) is 136 Å². The maximum Gasteiger partial charge on any atom is 0.0974 e. The van der Waals surface area contributed by atoms with E-state index in [1.165, 1.54) is 25.8 Å². The second-order valence-corrected chi connectivity index (χ2v) is 13.0. The average molecular weight is 551 g/mol. The zero-order chi connectivity index (χ0) is 29.4. The molecule has 1 unspecified atom stereocenters. The van der Waals surface area contributed by atoms with Gasteiger partial charge in [0, 0.05) is 24.2 Å². The zero-order valence-electron chi connectivity index (χ0n) is 27.4.